The van der Waals surface area contributed by atoms with Crippen molar-refractivity contribution in [3.63, 3.8) is 0 Å². The highest BCUT2D eigenvalue weighted by atomic mass is 32.2. The van der Waals surface area contributed by atoms with Gasteiger partial charge in [0.25, 0.3) is 0 Å². The minimum Gasteiger partial charge on any atom is -0.313 e. The average molecular weight is 308 g/mol. The Kier molecular flexibility index (Phi) is 5.56. The van der Waals surface area contributed by atoms with Gasteiger partial charge >= 0.3 is 0 Å². The van der Waals surface area contributed by atoms with Crippen molar-refractivity contribution < 1.29 is 8.42 Å². The van der Waals surface area contributed by atoms with E-state index in [0.717, 1.165) is 12.0 Å². The van der Waals surface area contributed by atoms with Gasteiger partial charge in [-0.15, -0.1) is 6.58 Å². The number of nitrogens with one attached hydrogen (secondary N) is 1. The van der Waals surface area contributed by atoms with E-state index < -0.39 is 10.0 Å². The van der Waals surface area contributed by atoms with Crippen LogP contribution in [0.5, 0.6) is 0 Å². The smallest absolute Gasteiger partial charge is 0.215 e. The second kappa shape index (κ2) is 7.20. The molecule has 2 rings (SSSR count). The summed E-state index contributed by atoms with van der Waals surface area (Å²) in [6.45, 7) is 7.62. The largest absolute Gasteiger partial charge is 0.313 e. The molecular weight excluding hydrogens is 284 g/mol. The van der Waals surface area contributed by atoms with Crippen molar-refractivity contribution >= 4 is 10.0 Å². The van der Waals surface area contributed by atoms with E-state index >= 15 is 0 Å². The fourth-order valence-electron chi connectivity index (χ4n) is 2.63. The first kappa shape index (κ1) is 16.2. The maximum absolute atomic E-state index is 12.5. The van der Waals surface area contributed by atoms with Gasteiger partial charge in [-0.25, -0.2) is 8.42 Å². The number of allylic oxidation sites excluding steroid dienone is 1. The minimum atomic E-state index is -3.24. The topological polar surface area (TPSA) is 49.4 Å². The molecule has 5 heteroatoms. The van der Waals surface area contributed by atoms with Crippen molar-refractivity contribution in [2.45, 2.75) is 25.8 Å². The summed E-state index contributed by atoms with van der Waals surface area (Å²) >= 11 is 0. The molecule has 1 heterocycles. The van der Waals surface area contributed by atoms with E-state index in [2.05, 4.69) is 31.0 Å². The second-order valence-electron chi connectivity index (χ2n) is 5.32. The molecule has 116 valence electrons. The molecule has 1 fully saturated rings. The van der Waals surface area contributed by atoms with Crippen LogP contribution in [0.3, 0.4) is 0 Å². The Morgan fingerprint density at radius 1 is 1.38 bits per heavy atom. The fraction of sp³-hybridized carbons (Fsp3) is 0.500. The molecule has 1 aliphatic heterocycles. The first-order valence-corrected chi connectivity index (χ1v) is 9.09. The third-order valence-corrected chi connectivity index (χ3v) is 5.81. The molecule has 0 amide bonds. The van der Waals surface area contributed by atoms with E-state index in [9.17, 15) is 8.42 Å². The van der Waals surface area contributed by atoms with Crippen molar-refractivity contribution in [3.05, 3.63) is 48.0 Å². The molecule has 0 aromatic heterocycles. The highest BCUT2D eigenvalue weighted by molar-refractivity contribution is 7.89. The van der Waals surface area contributed by atoms with Crippen molar-refractivity contribution in [1.29, 1.82) is 0 Å². The van der Waals surface area contributed by atoms with Crippen LogP contribution in [0.25, 0.3) is 0 Å². The summed E-state index contributed by atoms with van der Waals surface area (Å²) in [5.41, 5.74) is 2.32. The van der Waals surface area contributed by atoms with Crippen LogP contribution in [0.2, 0.25) is 0 Å². The van der Waals surface area contributed by atoms with Gasteiger partial charge in [0.1, 0.15) is 0 Å². The summed E-state index contributed by atoms with van der Waals surface area (Å²) in [5.74, 6) is 0.139. The molecule has 1 aliphatic rings. The maximum atomic E-state index is 12.5. The summed E-state index contributed by atoms with van der Waals surface area (Å²) in [4.78, 5) is 0. The summed E-state index contributed by atoms with van der Waals surface area (Å²) in [6.07, 6.45) is 3.14. The Morgan fingerprint density at radius 3 is 2.71 bits per heavy atom. The maximum Gasteiger partial charge on any atom is 0.215 e. The lowest BCUT2D eigenvalue weighted by Crippen LogP contribution is -2.49. The first-order valence-electron chi connectivity index (χ1n) is 7.48. The van der Waals surface area contributed by atoms with Crippen molar-refractivity contribution in [3.8, 4) is 0 Å². The number of rotatable bonds is 6. The SMILES string of the molecule is C=CCCS(=O)(=O)N1CCNCC1c1ccc(CC)cc1. The lowest BCUT2D eigenvalue weighted by Gasteiger charge is -2.35. The second-order valence-corrected chi connectivity index (χ2v) is 7.36. The minimum absolute atomic E-state index is 0.112. The normalized spacial score (nSPS) is 20.3. The van der Waals surface area contributed by atoms with E-state index in [4.69, 9.17) is 0 Å². The molecule has 1 N–H and O–H groups in total. The van der Waals surface area contributed by atoms with Gasteiger partial charge in [-0.2, -0.15) is 4.31 Å². The van der Waals surface area contributed by atoms with Crippen molar-refractivity contribution in [2.75, 3.05) is 25.4 Å². The Hall–Kier alpha value is -1.17. The van der Waals surface area contributed by atoms with Gasteiger partial charge in [0.2, 0.25) is 10.0 Å². The molecule has 1 atom stereocenters. The molecule has 0 saturated carbocycles. The molecule has 0 spiro atoms. The average Bonchev–Trinajstić information content (AvgIpc) is 2.53. The van der Waals surface area contributed by atoms with Crippen LogP contribution < -0.4 is 5.32 Å². The number of aryl methyl sites for hydroxylation is 1. The van der Waals surface area contributed by atoms with Crippen LogP contribution in [-0.2, 0) is 16.4 Å². The summed E-state index contributed by atoms with van der Waals surface area (Å²) in [7, 11) is -3.24. The van der Waals surface area contributed by atoms with Crippen molar-refractivity contribution in [1.82, 2.24) is 9.62 Å². The molecule has 1 aromatic carbocycles. The Labute approximate surface area is 127 Å². The van der Waals surface area contributed by atoms with Gasteiger partial charge in [-0.3, -0.25) is 0 Å². The zero-order chi connectivity index (χ0) is 15.3. The molecule has 1 unspecified atom stereocenters. The third-order valence-electron chi connectivity index (χ3n) is 3.90. The van der Waals surface area contributed by atoms with E-state index in [1.807, 2.05) is 12.1 Å². The highest BCUT2D eigenvalue weighted by Crippen LogP contribution is 2.26. The quantitative estimate of drug-likeness (QED) is 0.819. The van der Waals surface area contributed by atoms with Crippen LogP contribution in [0.1, 0.15) is 30.5 Å². The number of hydrogen-bond acceptors (Lipinski definition) is 3. The number of hydrogen-bond donors (Lipinski definition) is 1. The van der Waals surface area contributed by atoms with Gasteiger partial charge in [-0.1, -0.05) is 37.3 Å². The summed E-state index contributed by atoms with van der Waals surface area (Å²) < 4.78 is 26.7. The van der Waals surface area contributed by atoms with Crippen LogP contribution >= 0.6 is 0 Å². The molecule has 21 heavy (non-hydrogen) atoms. The lowest BCUT2D eigenvalue weighted by molar-refractivity contribution is 0.271. The highest BCUT2D eigenvalue weighted by Gasteiger charge is 2.32. The number of piperazine rings is 1. The zero-order valence-corrected chi connectivity index (χ0v) is 13.4. The lowest BCUT2D eigenvalue weighted by atomic mass is 10.0. The van der Waals surface area contributed by atoms with Gasteiger partial charge in [-0.05, 0) is 24.0 Å². The van der Waals surface area contributed by atoms with Crippen molar-refractivity contribution in [2.24, 2.45) is 0 Å². The number of benzene rings is 1. The molecule has 1 saturated heterocycles. The fourth-order valence-corrected chi connectivity index (χ4v) is 4.28. The van der Waals surface area contributed by atoms with E-state index in [1.54, 1.807) is 10.4 Å². The van der Waals surface area contributed by atoms with E-state index in [0.29, 0.717) is 26.1 Å². The Morgan fingerprint density at radius 2 is 2.10 bits per heavy atom. The van der Waals surface area contributed by atoms with Crippen LogP contribution in [0.4, 0.5) is 0 Å². The molecule has 4 nitrogen and oxygen atoms in total. The third kappa shape index (κ3) is 3.93. The first-order chi connectivity index (χ1) is 10.1. The van der Waals surface area contributed by atoms with Crippen LogP contribution in [0.15, 0.2) is 36.9 Å². The van der Waals surface area contributed by atoms with E-state index in [1.165, 1.54) is 5.56 Å². The predicted octanol–water partition coefficient (Wildman–Crippen LogP) is 2.10. The molecule has 0 bridgehead atoms. The monoisotopic (exact) mass is 308 g/mol. The Balaban J connectivity index is 2.23. The van der Waals surface area contributed by atoms with Crippen LogP contribution in [-0.4, -0.2) is 38.1 Å². The Bertz CT molecular complexity index is 566. The molecular formula is C16H24N2O2S. The molecule has 0 aliphatic carbocycles. The molecule has 1 aromatic rings. The zero-order valence-electron chi connectivity index (χ0n) is 12.6. The van der Waals surface area contributed by atoms with Gasteiger partial charge in [0.05, 0.1) is 11.8 Å². The van der Waals surface area contributed by atoms with Crippen LogP contribution in [0, 0.1) is 0 Å². The van der Waals surface area contributed by atoms with Gasteiger partial charge < -0.3 is 5.32 Å². The summed E-state index contributed by atoms with van der Waals surface area (Å²) in [5, 5.41) is 3.29. The number of sulfonamides is 1. The van der Waals surface area contributed by atoms with Gasteiger partial charge in [0.15, 0.2) is 0 Å². The predicted molar refractivity (Wildman–Crippen MR) is 86.7 cm³/mol. The standard InChI is InChI=1S/C16H24N2O2S/c1-3-5-12-21(19,20)18-11-10-17-13-16(18)15-8-6-14(4-2)7-9-15/h3,6-9,16-17H,1,4-5,10-13H2,2H3. The molecule has 0 radical (unpaired) electrons. The summed E-state index contributed by atoms with van der Waals surface area (Å²) in [6, 6.07) is 8.15. The van der Waals surface area contributed by atoms with E-state index in [-0.39, 0.29) is 11.8 Å². The van der Waals surface area contributed by atoms with Gasteiger partial charge in [0, 0.05) is 19.6 Å². The number of nitrogens with zero attached hydrogens (tertiary/aromatic N) is 1.